The third-order valence-electron chi connectivity index (χ3n) is 4.31. The molecule has 1 aliphatic rings. The van der Waals surface area contributed by atoms with E-state index in [4.69, 9.17) is 5.11 Å². The van der Waals surface area contributed by atoms with Crippen LogP contribution in [0.15, 0.2) is 42.6 Å². The molecule has 0 radical (unpaired) electrons. The van der Waals surface area contributed by atoms with Gasteiger partial charge < -0.3 is 15.7 Å². The summed E-state index contributed by atoms with van der Waals surface area (Å²) in [6.45, 7) is -1.24. The van der Waals surface area contributed by atoms with Gasteiger partial charge in [0.1, 0.15) is 0 Å². The molecule has 0 fully saturated rings. The van der Waals surface area contributed by atoms with E-state index in [0.29, 0.717) is 22.2 Å². The summed E-state index contributed by atoms with van der Waals surface area (Å²) >= 11 is 0. The van der Waals surface area contributed by atoms with Crippen LogP contribution in [0.1, 0.15) is 31.5 Å². The summed E-state index contributed by atoms with van der Waals surface area (Å²) in [5.41, 5.74) is 1.24. The maximum atomic E-state index is 13.4. The van der Waals surface area contributed by atoms with Crippen molar-refractivity contribution in [2.45, 2.75) is 25.9 Å². The van der Waals surface area contributed by atoms with Crippen molar-refractivity contribution in [3.8, 4) is 11.3 Å². The lowest BCUT2D eigenvalue weighted by atomic mass is 9.98. The highest BCUT2D eigenvalue weighted by Crippen LogP contribution is 2.34. The molecule has 2 heterocycles. The van der Waals surface area contributed by atoms with Gasteiger partial charge >= 0.3 is 12.6 Å². The number of carboxylic acid groups (broad SMARTS) is 1. The Bertz CT molecular complexity index is 894. The zero-order valence-electron chi connectivity index (χ0n) is 14.4. The molecular weight excluding hydrogens is 358 g/mol. The van der Waals surface area contributed by atoms with Crippen LogP contribution in [0.4, 0.5) is 19.3 Å². The van der Waals surface area contributed by atoms with Crippen molar-refractivity contribution in [1.82, 2.24) is 15.1 Å². The third kappa shape index (κ3) is 3.97. The second kappa shape index (κ2) is 7.56. The number of aromatic nitrogens is 2. The van der Waals surface area contributed by atoms with Crippen LogP contribution >= 0.6 is 0 Å². The van der Waals surface area contributed by atoms with Crippen LogP contribution in [0, 0.1) is 5.92 Å². The van der Waals surface area contributed by atoms with Gasteiger partial charge in [-0.25, -0.2) is 9.48 Å². The summed E-state index contributed by atoms with van der Waals surface area (Å²) < 4.78 is 27.4. The molecular formula is C18H18F2N4O3. The fourth-order valence-electron chi connectivity index (χ4n) is 2.97. The largest absolute Gasteiger partial charge is 0.465 e. The first kappa shape index (κ1) is 18.6. The smallest absolute Gasteiger partial charge is 0.405 e. The molecule has 27 heavy (non-hydrogen) atoms. The topological polar surface area (TPSA) is 96.2 Å². The number of halogens is 2. The van der Waals surface area contributed by atoms with E-state index < -0.39 is 24.6 Å². The fraction of sp³-hybridized carbons (Fsp3) is 0.278. The maximum Gasteiger partial charge on any atom is 0.405 e. The number of carbonyl (C=O) groups is 2. The van der Waals surface area contributed by atoms with Crippen molar-refractivity contribution in [2.24, 2.45) is 5.92 Å². The zero-order valence-corrected chi connectivity index (χ0v) is 14.4. The summed E-state index contributed by atoms with van der Waals surface area (Å²) in [6.07, 6.45) is 3.67. The van der Waals surface area contributed by atoms with Gasteiger partial charge in [0.25, 0.3) is 0 Å². The van der Waals surface area contributed by atoms with Crippen LogP contribution < -0.4 is 10.6 Å². The molecule has 3 N–H and O–H groups in total. The quantitative estimate of drug-likeness (QED) is 0.695. The Morgan fingerprint density at radius 1 is 1.44 bits per heavy atom. The summed E-state index contributed by atoms with van der Waals surface area (Å²) in [5.74, 6) is -0.906. The van der Waals surface area contributed by atoms with E-state index in [9.17, 15) is 18.4 Å². The minimum absolute atomic E-state index is 0.0611. The lowest BCUT2D eigenvalue weighted by molar-refractivity contribution is -0.118. The standard InChI is InChI=1S/C18H18F2N4O3/c1-10-4-2-7-13(23-18(26)27)11-5-3-6-12(8-11)15-14(22-16(10)25)9-21-24(15)17(19)20/h2-6,8-10,13,17,23H,7H2,1H3,(H,22,25)(H,26,27)/t10-,13+/m1/s1. The maximum absolute atomic E-state index is 13.4. The lowest BCUT2D eigenvalue weighted by Crippen LogP contribution is -2.26. The van der Waals surface area contributed by atoms with Crippen LogP contribution in [-0.2, 0) is 4.79 Å². The minimum Gasteiger partial charge on any atom is -0.465 e. The van der Waals surface area contributed by atoms with Crippen molar-refractivity contribution < 1.29 is 23.5 Å². The molecule has 9 heteroatoms. The highest BCUT2D eigenvalue weighted by atomic mass is 19.3. The van der Waals surface area contributed by atoms with Crippen molar-refractivity contribution in [3.63, 3.8) is 0 Å². The van der Waals surface area contributed by atoms with E-state index in [1.165, 1.54) is 6.20 Å². The Morgan fingerprint density at radius 3 is 2.93 bits per heavy atom. The molecule has 142 valence electrons. The number of amides is 2. The van der Waals surface area contributed by atoms with Gasteiger partial charge in [-0.1, -0.05) is 37.3 Å². The van der Waals surface area contributed by atoms with E-state index in [1.807, 2.05) is 0 Å². The first-order valence-corrected chi connectivity index (χ1v) is 8.29. The average Bonchev–Trinajstić information content (AvgIpc) is 3.03. The Balaban J connectivity index is 2.17. The first-order valence-electron chi connectivity index (χ1n) is 8.29. The summed E-state index contributed by atoms with van der Waals surface area (Å²) in [4.78, 5) is 23.5. The molecule has 2 atom stereocenters. The molecule has 1 aromatic heterocycles. The monoisotopic (exact) mass is 376 g/mol. The first-order chi connectivity index (χ1) is 12.9. The molecule has 1 aromatic carbocycles. The molecule has 7 nitrogen and oxygen atoms in total. The third-order valence-corrected chi connectivity index (χ3v) is 4.31. The molecule has 2 amide bonds. The average molecular weight is 376 g/mol. The molecule has 0 unspecified atom stereocenters. The van der Waals surface area contributed by atoms with Crippen LogP contribution in [0.5, 0.6) is 0 Å². The van der Waals surface area contributed by atoms with E-state index in [-0.39, 0.29) is 17.3 Å². The predicted octanol–water partition coefficient (Wildman–Crippen LogP) is 3.79. The molecule has 2 bridgehead atoms. The Hall–Kier alpha value is -3.23. The SMILES string of the molecule is C[C@@H]1C=CC[C@H](NC(=O)O)c2cccc(c2)-c2c(cnn2C(F)F)NC1=O. The van der Waals surface area contributed by atoms with Crippen molar-refractivity contribution in [3.05, 3.63) is 48.2 Å². The number of benzene rings is 1. The molecule has 0 spiro atoms. The zero-order chi connectivity index (χ0) is 19.6. The van der Waals surface area contributed by atoms with E-state index in [2.05, 4.69) is 15.7 Å². The molecule has 0 saturated heterocycles. The van der Waals surface area contributed by atoms with Gasteiger partial charge in [-0.05, 0) is 18.1 Å². The predicted molar refractivity (Wildman–Crippen MR) is 94.4 cm³/mol. The van der Waals surface area contributed by atoms with Crippen molar-refractivity contribution in [1.29, 1.82) is 0 Å². The number of fused-ring (bicyclic) bond motifs is 4. The minimum atomic E-state index is -2.90. The number of carbonyl (C=O) groups excluding carboxylic acids is 1. The van der Waals surface area contributed by atoms with E-state index in [0.717, 1.165) is 0 Å². The van der Waals surface area contributed by atoms with Gasteiger partial charge in [-0.2, -0.15) is 13.9 Å². The highest BCUT2D eigenvalue weighted by molar-refractivity contribution is 5.96. The number of alkyl halides is 2. The fourth-order valence-corrected chi connectivity index (χ4v) is 2.97. The molecule has 0 saturated carbocycles. The van der Waals surface area contributed by atoms with Gasteiger partial charge in [0, 0.05) is 5.56 Å². The van der Waals surface area contributed by atoms with Gasteiger partial charge in [0.2, 0.25) is 5.91 Å². The summed E-state index contributed by atoms with van der Waals surface area (Å²) in [7, 11) is 0. The summed E-state index contributed by atoms with van der Waals surface area (Å²) in [6, 6.07) is 6.00. The van der Waals surface area contributed by atoms with E-state index in [1.54, 1.807) is 43.3 Å². The van der Waals surface area contributed by atoms with Gasteiger partial charge in [-0.3, -0.25) is 4.79 Å². The van der Waals surface area contributed by atoms with Gasteiger partial charge in [-0.15, -0.1) is 0 Å². The Labute approximate surface area is 153 Å². The molecule has 3 rings (SSSR count). The second-order valence-corrected chi connectivity index (χ2v) is 6.20. The Kier molecular flexibility index (Phi) is 5.20. The van der Waals surface area contributed by atoms with Crippen LogP contribution in [-0.4, -0.2) is 26.9 Å². The number of hydrogen-bond acceptors (Lipinski definition) is 3. The number of anilines is 1. The van der Waals surface area contributed by atoms with Crippen LogP contribution in [0.2, 0.25) is 0 Å². The normalized spacial score (nSPS) is 19.6. The Morgan fingerprint density at radius 2 is 2.22 bits per heavy atom. The van der Waals surface area contributed by atoms with Crippen molar-refractivity contribution >= 4 is 17.7 Å². The van der Waals surface area contributed by atoms with Gasteiger partial charge in [0.05, 0.1) is 29.5 Å². The number of nitrogens with zero attached hydrogens (tertiary/aromatic N) is 2. The van der Waals surface area contributed by atoms with Gasteiger partial charge in [0.15, 0.2) is 0 Å². The highest BCUT2D eigenvalue weighted by Gasteiger charge is 2.23. The lowest BCUT2D eigenvalue weighted by Gasteiger charge is -2.19. The van der Waals surface area contributed by atoms with E-state index >= 15 is 0 Å². The molecule has 1 aliphatic heterocycles. The summed E-state index contributed by atoms with van der Waals surface area (Å²) in [5, 5.41) is 17.9. The number of nitrogens with one attached hydrogen (secondary N) is 2. The molecule has 2 aromatic rings. The van der Waals surface area contributed by atoms with Crippen LogP contribution in [0.25, 0.3) is 11.3 Å². The second-order valence-electron chi connectivity index (χ2n) is 6.20. The molecule has 0 aliphatic carbocycles. The number of rotatable bonds is 2. The van der Waals surface area contributed by atoms with Crippen LogP contribution in [0.3, 0.4) is 0 Å². The number of hydrogen-bond donors (Lipinski definition) is 3. The van der Waals surface area contributed by atoms with Crippen molar-refractivity contribution in [2.75, 3.05) is 5.32 Å².